The molecule has 1 atom stereocenters. The summed E-state index contributed by atoms with van der Waals surface area (Å²) in [5.74, 6) is 2.30. The first-order valence-electron chi connectivity index (χ1n) is 6.31. The van der Waals surface area contributed by atoms with Crippen LogP contribution in [-0.2, 0) is 12.8 Å². The lowest BCUT2D eigenvalue weighted by atomic mass is 9.88. The normalized spacial score (nSPS) is 18.3. The van der Waals surface area contributed by atoms with Crippen LogP contribution in [0.5, 0.6) is 11.5 Å². The molecular formula is C14H20ClNO2. The summed E-state index contributed by atoms with van der Waals surface area (Å²) in [6.45, 7) is 0.870. The molecule has 1 aliphatic carbocycles. The first-order valence-corrected chi connectivity index (χ1v) is 6.85. The SMILES string of the molecule is COc1cc2c(cc1OC)CC(NCCCl)CC2. The third kappa shape index (κ3) is 2.90. The molecule has 4 heteroatoms. The highest BCUT2D eigenvalue weighted by Crippen LogP contribution is 2.34. The van der Waals surface area contributed by atoms with Gasteiger partial charge in [0.2, 0.25) is 0 Å². The molecule has 3 nitrogen and oxygen atoms in total. The monoisotopic (exact) mass is 269 g/mol. The number of rotatable bonds is 5. The van der Waals surface area contributed by atoms with Crippen molar-refractivity contribution in [2.45, 2.75) is 25.3 Å². The van der Waals surface area contributed by atoms with Crippen molar-refractivity contribution in [1.29, 1.82) is 0 Å². The molecular weight excluding hydrogens is 250 g/mol. The lowest BCUT2D eigenvalue weighted by Crippen LogP contribution is -2.35. The maximum atomic E-state index is 5.71. The van der Waals surface area contributed by atoms with E-state index in [9.17, 15) is 0 Å². The van der Waals surface area contributed by atoms with Gasteiger partial charge in [0.1, 0.15) is 0 Å². The molecule has 1 aromatic rings. The molecule has 0 fully saturated rings. The smallest absolute Gasteiger partial charge is 0.161 e. The Hall–Kier alpha value is -0.930. The van der Waals surface area contributed by atoms with Crippen molar-refractivity contribution in [1.82, 2.24) is 5.32 Å². The van der Waals surface area contributed by atoms with E-state index in [1.165, 1.54) is 11.1 Å². The number of alkyl halides is 1. The fourth-order valence-electron chi connectivity index (χ4n) is 2.52. The van der Waals surface area contributed by atoms with Gasteiger partial charge >= 0.3 is 0 Å². The van der Waals surface area contributed by atoms with Gasteiger partial charge < -0.3 is 14.8 Å². The molecule has 1 aliphatic rings. The highest BCUT2D eigenvalue weighted by molar-refractivity contribution is 6.18. The van der Waals surface area contributed by atoms with Gasteiger partial charge in [-0.3, -0.25) is 0 Å². The van der Waals surface area contributed by atoms with Crippen LogP contribution in [0, 0.1) is 0 Å². The van der Waals surface area contributed by atoms with E-state index in [1.54, 1.807) is 14.2 Å². The summed E-state index contributed by atoms with van der Waals surface area (Å²) >= 11 is 5.71. The Morgan fingerprint density at radius 1 is 1.22 bits per heavy atom. The molecule has 100 valence electrons. The van der Waals surface area contributed by atoms with Crippen LogP contribution in [0.15, 0.2) is 12.1 Å². The second kappa shape index (κ2) is 6.30. The molecule has 0 aliphatic heterocycles. The molecule has 0 heterocycles. The average Bonchev–Trinajstić information content (AvgIpc) is 2.43. The summed E-state index contributed by atoms with van der Waals surface area (Å²) in [6, 6.07) is 4.73. The van der Waals surface area contributed by atoms with Crippen molar-refractivity contribution in [2.75, 3.05) is 26.6 Å². The lowest BCUT2D eigenvalue weighted by molar-refractivity contribution is 0.352. The third-order valence-electron chi connectivity index (χ3n) is 3.46. The van der Waals surface area contributed by atoms with E-state index >= 15 is 0 Å². The van der Waals surface area contributed by atoms with Crippen molar-refractivity contribution < 1.29 is 9.47 Å². The number of nitrogens with one attached hydrogen (secondary N) is 1. The zero-order valence-corrected chi connectivity index (χ0v) is 11.7. The van der Waals surface area contributed by atoms with Crippen molar-refractivity contribution in [3.8, 4) is 11.5 Å². The fraction of sp³-hybridized carbons (Fsp3) is 0.571. The average molecular weight is 270 g/mol. The van der Waals surface area contributed by atoms with Crippen LogP contribution in [0.3, 0.4) is 0 Å². The predicted molar refractivity (Wildman–Crippen MR) is 74.1 cm³/mol. The summed E-state index contributed by atoms with van der Waals surface area (Å²) in [5, 5.41) is 3.47. The fourth-order valence-corrected chi connectivity index (χ4v) is 2.63. The molecule has 2 rings (SSSR count). The number of methoxy groups -OCH3 is 2. The minimum atomic E-state index is 0.523. The second-order valence-electron chi connectivity index (χ2n) is 4.56. The molecule has 0 amide bonds. The molecule has 0 spiro atoms. The number of fused-ring (bicyclic) bond motifs is 1. The van der Waals surface area contributed by atoms with E-state index in [0.717, 1.165) is 37.3 Å². The van der Waals surface area contributed by atoms with Gasteiger partial charge in [0, 0.05) is 18.5 Å². The standard InChI is InChI=1S/C14H20ClNO2/c1-17-13-8-10-3-4-12(16-6-5-15)7-11(10)9-14(13)18-2/h8-9,12,16H,3-7H2,1-2H3. The summed E-state index contributed by atoms with van der Waals surface area (Å²) < 4.78 is 10.7. The molecule has 1 N–H and O–H groups in total. The molecule has 0 saturated heterocycles. The van der Waals surface area contributed by atoms with Crippen LogP contribution in [0.1, 0.15) is 17.5 Å². The molecule has 0 radical (unpaired) electrons. The predicted octanol–water partition coefficient (Wildman–Crippen LogP) is 2.39. The van der Waals surface area contributed by atoms with Crippen molar-refractivity contribution in [2.24, 2.45) is 0 Å². The number of ether oxygens (including phenoxy) is 2. The summed E-state index contributed by atoms with van der Waals surface area (Å²) in [5.41, 5.74) is 2.72. The van der Waals surface area contributed by atoms with Gasteiger partial charge in [-0.15, -0.1) is 11.6 Å². The highest BCUT2D eigenvalue weighted by Gasteiger charge is 2.20. The van der Waals surface area contributed by atoms with E-state index in [0.29, 0.717) is 11.9 Å². The maximum Gasteiger partial charge on any atom is 0.161 e. The number of hydrogen-bond donors (Lipinski definition) is 1. The van der Waals surface area contributed by atoms with E-state index in [2.05, 4.69) is 17.4 Å². The first-order chi connectivity index (χ1) is 8.78. The number of aryl methyl sites for hydroxylation is 1. The lowest BCUT2D eigenvalue weighted by Gasteiger charge is -2.26. The van der Waals surface area contributed by atoms with E-state index in [-0.39, 0.29) is 0 Å². The van der Waals surface area contributed by atoms with Gasteiger partial charge in [-0.1, -0.05) is 0 Å². The minimum Gasteiger partial charge on any atom is -0.493 e. The van der Waals surface area contributed by atoms with Crippen LogP contribution >= 0.6 is 11.6 Å². The van der Waals surface area contributed by atoms with Gasteiger partial charge in [0.15, 0.2) is 11.5 Å². The Morgan fingerprint density at radius 2 is 1.89 bits per heavy atom. The Bertz CT molecular complexity index is 409. The van der Waals surface area contributed by atoms with Crippen molar-refractivity contribution in [3.63, 3.8) is 0 Å². The topological polar surface area (TPSA) is 30.5 Å². The molecule has 0 aromatic heterocycles. The Labute approximate surface area is 113 Å². The molecule has 1 aromatic carbocycles. The van der Waals surface area contributed by atoms with E-state index in [1.807, 2.05) is 0 Å². The molecule has 0 saturated carbocycles. The van der Waals surface area contributed by atoms with E-state index < -0.39 is 0 Å². The minimum absolute atomic E-state index is 0.523. The molecule has 1 unspecified atom stereocenters. The van der Waals surface area contributed by atoms with Crippen LogP contribution in [0.25, 0.3) is 0 Å². The summed E-state index contributed by atoms with van der Waals surface area (Å²) in [4.78, 5) is 0. The molecule has 18 heavy (non-hydrogen) atoms. The third-order valence-corrected chi connectivity index (χ3v) is 3.65. The van der Waals surface area contributed by atoms with Crippen LogP contribution in [-0.4, -0.2) is 32.7 Å². The van der Waals surface area contributed by atoms with Gasteiger partial charge in [0.05, 0.1) is 14.2 Å². The van der Waals surface area contributed by atoms with Gasteiger partial charge in [-0.25, -0.2) is 0 Å². The zero-order valence-electron chi connectivity index (χ0n) is 11.0. The van der Waals surface area contributed by atoms with Gasteiger partial charge in [-0.05, 0) is 42.5 Å². The van der Waals surface area contributed by atoms with Crippen molar-refractivity contribution in [3.05, 3.63) is 23.3 Å². The quantitative estimate of drug-likeness (QED) is 0.833. The number of hydrogen-bond acceptors (Lipinski definition) is 3. The van der Waals surface area contributed by atoms with Crippen LogP contribution in [0.2, 0.25) is 0 Å². The Kier molecular flexibility index (Phi) is 4.72. The van der Waals surface area contributed by atoms with Gasteiger partial charge in [-0.2, -0.15) is 0 Å². The maximum absolute atomic E-state index is 5.71. The number of benzene rings is 1. The second-order valence-corrected chi connectivity index (χ2v) is 4.94. The van der Waals surface area contributed by atoms with E-state index in [4.69, 9.17) is 21.1 Å². The first kappa shape index (κ1) is 13.5. The van der Waals surface area contributed by atoms with Gasteiger partial charge in [0.25, 0.3) is 0 Å². The zero-order chi connectivity index (χ0) is 13.0. The summed E-state index contributed by atoms with van der Waals surface area (Å²) in [6.07, 6.45) is 3.27. The van der Waals surface area contributed by atoms with Crippen LogP contribution in [0.4, 0.5) is 0 Å². The highest BCUT2D eigenvalue weighted by atomic mass is 35.5. The van der Waals surface area contributed by atoms with Crippen molar-refractivity contribution >= 4 is 11.6 Å². The van der Waals surface area contributed by atoms with Crippen LogP contribution < -0.4 is 14.8 Å². The number of halogens is 1. The largest absolute Gasteiger partial charge is 0.493 e. The Morgan fingerprint density at radius 3 is 2.50 bits per heavy atom. The Balaban J connectivity index is 2.16. The summed E-state index contributed by atoms with van der Waals surface area (Å²) in [7, 11) is 3.36. The molecule has 0 bridgehead atoms.